The van der Waals surface area contributed by atoms with Crippen LogP contribution in [0.4, 0.5) is 5.69 Å². The molecule has 1 aromatic carbocycles. The van der Waals surface area contributed by atoms with Gasteiger partial charge in [0.2, 0.25) is 17.7 Å². The molecule has 2 atom stereocenters. The number of allylic oxidation sites excluding steroid dienone is 2. The van der Waals surface area contributed by atoms with Crippen molar-refractivity contribution in [3.05, 3.63) is 41.5 Å². The lowest BCUT2D eigenvalue weighted by Crippen LogP contribution is -2.32. The minimum atomic E-state index is -0.193. The normalized spacial score (nSPS) is 22.2. The highest BCUT2D eigenvalue weighted by Gasteiger charge is 2.46. The summed E-state index contributed by atoms with van der Waals surface area (Å²) in [5.74, 6) is -0.627. The number of anilines is 1. The van der Waals surface area contributed by atoms with Crippen molar-refractivity contribution in [1.29, 1.82) is 0 Å². The number of carbonyl (C=O) groups excluding carboxylic acids is 3. The van der Waals surface area contributed by atoms with E-state index in [1.807, 2.05) is 44.2 Å². The monoisotopic (exact) mass is 340 g/mol. The summed E-state index contributed by atoms with van der Waals surface area (Å²) in [4.78, 5) is 38.2. The Morgan fingerprint density at radius 1 is 1.12 bits per heavy atom. The van der Waals surface area contributed by atoms with Gasteiger partial charge in [-0.25, -0.2) is 0 Å². The second kappa shape index (κ2) is 7.21. The summed E-state index contributed by atoms with van der Waals surface area (Å²) < 4.78 is 0. The molecule has 1 aliphatic carbocycles. The number of amides is 3. The van der Waals surface area contributed by atoms with Crippen LogP contribution < -0.4 is 5.32 Å². The van der Waals surface area contributed by atoms with Gasteiger partial charge in [0, 0.05) is 18.7 Å². The third kappa shape index (κ3) is 3.65. The van der Waals surface area contributed by atoms with Crippen LogP contribution in [0.5, 0.6) is 0 Å². The van der Waals surface area contributed by atoms with Crippen LogP contribution in [0.25, 0.3) is 0 Å². The van der Waals surface area contributed by atoms with Gasteiger partial charge in [-0.05, 0) is 50.3 Å². The van der Waals surface area contributed by atoms with Crippen LogP contribution in [-0.4, -0.2) is 29.2 Å². The van der Waals surface area contributed by atoms with Crippen molar-refractivity contribution >= 4 is 23.4 Å². The summed E-state index contributed by atoms with van der Waals surface area (Å²) in [7, 11) is 0. The van der Waals surface area contributed by atoms with Gasteiger partial charge in [0.05, 0.1) is 11.8 Å². The summed E-state index contributed by atoms with van der Waals surface area (Å²) in [5, 5.41) is 2.91. The summed E-state index contributed by atoms with van der Waals surface area (Å²) in [6.07, 6.45) is 6.04. The van der Waals surface area contributed by atoms with Gasteiger partial charge in [-0.1, -0.05) is 24.3 Å². The Bertz CT molecular complexity index is 712. The van der Waals surface area contributed by atoms with Crippen LogP contribution in [0.1, 0.15) is 36.8 Å². The fraction of sp³-hybridized carbons (Fsp3) is 0.450. The van der Waals surface area contributed by atoms with E-state index in [0.29, 0.717) is 25.8 Å². The van der Waals surface area contributed by atoms with Crippen molar-refractivity contribution in [1.82, 2.24) is 4.90 Å². The summed E-state index contributed by atoms with van der Waals surface area (Å²) in [6.45, 7) is 4.26. The molecule has 0 radical (unpaired) electrons. The first kappa shape index (κ1) is 17.4. The smallest absolute Gasteiger partial charge is 0.233 e. The average Bonchev–Trinajstić information content (AvgIpc) is 2.83. The zero-order chi connectivity index (χ0) is 18.0. The van der Waals surface area contributed by atoms with E-state index < -0.39 is 0 Å². The lowest BCUT2D eigenvalue weighted by Gasteiger charge is -2.14. The molecule has 1 aromatic rings. The van der Waals surface area contributed by atoms with E-state index in [0.717, 1.165) is 16.8 Å². The number of nitrogens with one attached hydrogen (secondary N) is 1. The third-order valence-electron chi connectivity index (χ3n) is 5.05. The van der Waals surface area contributed by atoms with E-state index >= 15 is 0 Å². The van der Waals surface area contributed by atoms with Crippen LogP contribution in [0.15, 0.2) is 30.4 Å². The molecule has 25 heavy (non-hydrogen) atoms. The molecule has 1 fully saturated rings. The van der Waals surface area contributed by atoms with E-state index in [-0.39, 0.29) is 36.0 Å². The molecule has 1 heterocycles. The third-order valence-corrected chi connectivity index (χ3v) is 5.05. The quantitative estimate of drug-likeness (QED) is 0.662. The molecular weight excluding hydrogens is 316 g/mol. The molecule has 2 aliphatic rings. The number of benzene rings is 1. The molecular formula is C20H24N2O3. The molecule has 1 saturated heterocycles. The molecule has 3 amide bonds. The first-order valence-electron chi connectivity index (χ1n) is 8.84. The van der Waals surface area contributed by atoms with Gasteiger partial charge in [0.25, 0.3) is 0 Å². The Hall–Kier alpha value is -2.43. The van der Waals surface area contributed by atoms with E-state index in [4.69, 9.17) is 0 Å². The van der Waals surface area contributed by atoms with Gasteiger partial charge < -0.3 is 5.32 Å². The van der Waals surface area contributed by atoms with E-state index in [1.54, 1.807) is 0 Å². The van der Waals surface area contributed by atoms with Gasteiger partial charge in [-0.3, -0.25) is 19.3 Å². The Labute approximate surface area is 148 Å². The molecule has 1 aliphatic heterocycles. The first-order valence-corrected chi connectivity index (χ1v) is 8.84. The predicted molar refractivity (Wildman–Crippen MR) is 95.9 cm³/mol. The maximum atomic E-state index is 12.4. The summed E-state index contributed by atoms with van der Waals surface area (Å²) in [5.41, 5.74) is 2.92. The molecule has 5 nitrogen and oxygen atoms in total. The highest BCUT2D eigenvalue weighted by Crippen LogP contribution is 2.35. The van der Waals surface area contributed by atoms with Crippen molar-refractivity contribution < 1.29 is 14.4 Å². The van der Waals surface area contributed by atoms with Crippen molar-refractivity contribution in [2.24, 2.45) is 11.8 Å². The topological polar surface area (TPSA) is 66.5 Å². The summed E-state index contributed by atoms with van der Waals surface area (Å²) in [6, 6.07) is 5.92. The van der Waals surface area contributed by atoms with Gasteiger partial charge in [0.1, 0.15) is 0 Å². The number of fused-ring (bicyclic) bond motifs is 1. The van der Waals surface area contributed by atoms with Crippen LogP contribution in [0, 0.1) is 25.7 Å². The maximum absolute atomic E-state index is 12.4. The molecule has 0 spiro atoms. The molecule has 0 bridgehead atoms. The van der Waals surface area contributed by atoms with Crippen LogP contribution in [0.3, 0.4) is 0 Å². The van der Waals surface area contributed by atoms with Crippen LogP contribution >= 0.6 is 0 Å². The molecule has 3 rings (SSSR count). The number of hydrogen-bond acceptors (Lipinski definition) is 3. The van der Waals surface area contributed by atoms with Gasteiger partial charge >= 0.3 is 0 Å². The lowest BCUT2D eigenvalue weighted by molar-refractivity contribution is -0.140. The molecule has 0 unspecified atom stereocenters. The number of rotatable bonds is 5. The Morgan fingerprint density at radius 3 is 2.40 bits per heavy atom. The summed E-state index contributed by atoms with van der Waals surface area (Å²) >= 11 is 0. The molecule has 0 saturated carbocycles. The van der Waals surface area contributed by atoms with Crippen molar-refractivity contribution in [2.45, 2.75) is 39.5 Å². The zero-order valence-electron chi connectivity index (χ0n) is 14.7. The van der Waals surface area contributed by atoms with E-state index in [1.165, 1.54) is 4.90 Å². The highest BCUT2D eigenvalue weighted by molar-refractivity contribution is 6.05. The second-order valence-corrected chi connectivity index (χ2v) is 6.95. The fourth-order valence-electron chi connectivity index (χ4n) is 3.57. The van der Waals surface area contributed by atoms with Crippen LogP contribution in [0.2, 0.25) is 0 Å². The Kier molecular flexibility index (Phi) is 5.02. The van der Waals surface area contributed by atoms with Crippen molar-refractivity contribution in [3.8, 4) is 0 Å². The van der Waals surface area contributed by atoms with Gasteiger partial charge in [0.15, 0.2) is 0 Å². The van der Waals surface area contributed by atoms with Crippen LogP contribution in [-0.2, 0) is 14.4 Å². The maximum Gasteiger partial charge on any atom is 0.233 e. The fourth-order valence-corrected chi connectivity index (χ4v) is 3.57. The van der Waals surface area contributed by atoms with Gasteiger partial charge in [-0.15, -0.1) is 0 Å². The number of carbonyl (C=O) groups is 3. The van der Waals surface area contributed by atoms with Crippen molar-refractivity contribution in [3.63, 3.8) is 0 Å². The molecule has 132 valence electrons. The minimum Gasteiger partial charge on any atom is -0.326 e. The largest absolute Gasteiger partial charge is 0.326 e. The van der Waals surface area contributed by atoms with E-state index in [2.05, 4.69) is 5.32 Å². The van der Waals surface area contributed by atoms with E-state index in [9.17, 15) is 14.4 Å². The average molecular weight is 340 g/mol. The number of nitrogens with zero attached hydrogens (tertiary/aromatic N) is 1. The molecule has 5 heteroatoms. The zero-order valence-corrected chi connectivity index (χ0v) is 14.7. The predicted octanol–water partition coefficient (Wildman–Crippen LogP) is 2.97. The van der Waals surface area contributed by atoms with Crippen molar-refractivity contribution in [2.75, 3.05) is 11.9 Å². The molecule has 0 aromatic heterocycles. The minimum absolute atomic E-state index is 0.0747. The number of imide groups is 1. The lowest BCUT2D eigenvalue weighted by atomic mass is 9.85. The first-order chi connectivity index (χ1) is 12.0. The highest BCUT2D eigenvalue weighted by atomic mass is 16.2. The van der Waals surface area contributed by atoms with Gasteiger partial charge in [-0.2, -0.15) is 0 Å². The standard InChI is InChI=1S/C20H24N2O3/c1-13-9-10-14(2)17(12-13)21-18(23)8-5-11-22-19(24)15-6-3-4-7-16(15)20(22)25/h3-4,9-10,12,15-16H,5-8,11H2,1-2H3,(H,21,23)/t15-,16-/m1/s1. The molecule has 1 N–H and O–H groups in total. The Balaban J connectivity index is 1.51. The number of aryl methyl sites for hydroxylation is 2. The second-order valence-electron chi connectivity index (χ2n) is 6.95. The SMILES string of the molecule is Cc1ccc(C)c(NC(=O)CCCN2C(=O)[C@@H]3CC=CC[C@H]3C2=O)c1. The number of likely N-dealkylation sites (tertiary alicyclic amines) is 1. The number of hydrogen-bond donors (Lipinski definition) is 1. The Morgan fingerprint density at radius 2 is 1.76 bits per heavy atom.